The second kappa shape index (κ2) is 10.4. The molecule has 4 heterocycles. The number of likely N-dealkylation sites (tertiary alicyclic amines) is 1. The number of aromatic amines is 1. The lowest BCUT2D eigenvalue weighted by molar-refractivity contribution is 0.0948. The van der Waals surface area contributed by atoms with Gasteiger partial charge in [-0.05, 0) is 56.5 Å². The van der Waals surface area contributed by atoms with Crippen molar-refractivity contribution in [3.8, 4) is 22.8 Å². The number of nitrogens with one attached hydrogen (secondary N) is 2. The zero-order valence-corrected chi connectivity index (χ0v) is 19.1. The highest BCUT2D eigenvalue weighted by molar-refractivity contribution is 5.93. The van der Waals surface area contributed by atoms with E-state index in [9.17, 15) is 9.59 Å². The quantitative estimate of drug-likeness (QED) is 0.511. The molecule has 0 bridgehead atoms. The SMILES string of the molecule is COc1cc(-c2c[nH]n(-c3ccc(C(=O)NCCCN4CCCCC4C)cn3)c2=O)ccn1. The number of amides is 1. The monoisotopic (exact) mass is 450 g/mol. The van der Waals surface area contributed by atoms with Crippen LogP contribution in [0.4, 0.5) is 0 Å². The number of ether oxygens (including phenoxy) is 1. The molecular formula is C24H30N6O3. The second-order valence-corrected chi connectivity index (χ2v) is 8.31. The Hall–Kier alpha value is -3.46. The Balaban J connectivity index is 1.35. The number of rotatable bonds is 8. The van der Waals surface area contributed by atoms with Crippen molar-refractivity contribution in [1.29, 1.82) is 0 Å². The molecule has 1 atom stereocenters. The minimum atomic E-state index is -0.250. The van der Waals surface area contributed by atoms with Crippen molar-refractivity contribution >= 4 is 5.91 Å². The van der Waals surface area contributed by atoms with E-state index >= 15 is 0 Å². The number of piperidine rings is 1. The second-order valence-electron chi connectivity index (χ2n) is 8.31. The van der Waals surface area contributed by atoms with Gasteiger partial charge in [0, 0.05) is 43.8 Å². The highest BCUT2D eigenvalue weighted by Crippen LogP contribution is 2.19. The number of H-pyrrole nitrogens is 1. The summed E-state index contributed by atoms with van der Waals surface area (Å²) in [4.78, 5) is 36.2. The summed E-state index contributed by atoms with van der Waals surface area (Å²) in [5, 5.41) is 5.89. The number of pyridine rings is 2. The molecule has 2 N–H and O–H groups in total. The lowest BCUT2D eigenvalue weighted by Gasteiger charge is -2.33. The van der Waals surface area contributed by atoms with E-state index in [1.807, 2.05) is 0 Å². The van der Waals surface area contributed by atoms with E-state index in [2.05, 4.69) is 32.2 Å². The fraction of sp³-hybridized carbons (Fsp3) is 0.417. The van der Waals surface area contributed by atoms with Crippen molar-refractivity contribution in [3.63, 3.8) is 0 Å². The Morgan fingerprint density at radius 2 is 2.15 bits per heavy atom. The molecule has 1 fully saturated rings. The van der Waals surface area contributed by atoms with Gasteiger partial charge in [0.15, 0.2) is 5.82 Å². The lowest BCUT2D eigenvalue weighted by atomic mass is 10.0. The fourth-order valence-corrected chi connectivity index (χ4v) is 4.16. The molecule has 33 heavy (non-hydrogen) atoms. The maximum absolute atomic E-state index is 12.9. The topological polar surface area (TPSA) is 105 Å². The Morgan fingerprint density at radius 1 is 1.27 bits per heavy atom. The predicted molar refractivity (Wildman–Crippen MR) is 126 cm³/mol. The van der Waals surface area contributed by atoms with Crippen molar-refractivity contribution in [1.82, 2.24) is 30.0 Å². The average molecular weight is 451 g/mol. The highest BCUT2D eigenvalue weighted by atomic mass is 16.5. The van der Waals surface area contributed by atoms with Gasteiger partial charge >= 0.3 is 0 Å². The van der Waals surface area contributed by atoms with Crippen molar-refractivity contribution in [2.75, 3.05) is 26.7 Å². The minimum Gasteiger partial charge on any atom is -0.481 e. The number of carbonyl (C=O) groups excluding carboxylic acids is 1. The molecule has 3 aromatic heterocycles. The number of nitrogens with zero attached hydrogens (tertiary/aromatic N) is 4. The standard InChI is InChI=1S/C24H30N6O3/c1-17-6-3-4-12-29(17)13-5-10-26-23(31)19-7-8-21(27-15-19)30-24(32)20(16-28-30)18-9-11-25-22(14-18)33-2/h7-9,11,14-17,28H,3-6,10,12-13H2,1-2H3,(H,26,31). The van der Waals surface area contributed by atoms with Gasteiger partial charge in [-0.25, -0.2) is 14.6 Å². The molecule has 4 rings (SSSR count). The van der Waals surface area contributed by atoms with Crippen LogP contribution in [0.5, 0.6) is 5.88 Å². The number of hydrogen-bond acceptors (Lipinski definition) is 6. The van der Waals surface area contributed by atoms with Crippen LogP contribution in [-0.2, 0) is 0 Å². The summed E-state index contributed by atoms with van der Waals surface area (Å²) in [6.07, 6.45) is 9.43. The molecule has 3 aromatic rings. The lowest BCUT2D eigenvalue weighted by Crippen LogP contribution is -2.39. The minimum absolute atomic E-state index is 0.163. The Kier molecular flexibility index (Phi) is 7.19. The van der Waals surface area contributed by atoms with E-state index in [-0.39, 0.29) is 11.5 Å². The van der Waals surface area contributed by atoms with Gasteiger partial charge in [0.1, 0.15) is 0 Å². The zero-order chi connectivity index (χ0) is 23.2. The molecule has 9 nitrogen and oxygen atoms in total. The van der Waals surface area contributed by atoms with Gasteiger partial charge in [-0.1, -0.05) is 6.42 Å². The summed E-state index contributed by atoms with van der Waals surface area (Å²) in [6, 6.07) is 7.39. The molecule has 0 spiro atoms. The molecule has 1 aliphatic heterocycles. The molecule has 0 aromatic carbocycles. The van der Waals surface area contributed by atoms with Crippen molar-refractivity contribution in [3.05, 3.63) is 58.8 Å². The van der Waals surface area contributed by atoms with Crippen LogP contribution in [0.15, 0.2) is 47.7 Å². The maximum atomic E-state index is 12.9. The van der Waals surface area contributed by atoms with Crippen molar-refractivity contribution in [2.45, 2.75) is 38.6 Å². The Bertz CT molecular complexity index is 1140. The third-order valence-electron chi connectivity index (χ3n) is 6.11. The van der Waals surface area contributed by atoms with Crippen LogP contribution in [0.1, 0.15) is 43.0 Å². The maximum Gasteiger partial charge on any atom is 0.280 e. The van der Waals surface area contributed by atoms with Gasteiger partial charge in [0.25, 0.3) is 11.5 Å². The van der Waals surface area contributed by atoms with Gasteiger partial charge in [-0.2, -0.15) is 0 Å². The highest BCUT2D eigenvalue weighted by Gasteiger charge is 2.17. The van der Waals surface area contributed by atoms with Crippen LogP contribution in [0.2, 0.25) is 0 Å². The number of methoxy groups -OCH3 is 1. The summed E-state index contributed by atoms with van der Waals surface area (Å²) < 4.78 is 6.47. The van der Waals surface area contributed by atoms with E-state index in [4.69, 9.17) is 4.74 Å². The van der Waals surface area contributed by atoms with Gasteiger partial charge < -0.3 is 15.0 Å². The van der Waals surface area contributed by atoms with Crippen LogP contribution in [0, 0.1) is 0 Å². The van der Waals surface area contributed by atoms with Crippen molar-refractivity contribution in [2.24, 2.45) is 0 Å². The summed E-state index contributed by atoms with van der Waals surface area (Å²) in [6.45, 7) is 5.05. The smallest absolute Gasteiger partial charge is 0.280 e. The first kappa shape index (κ1) is 22.7. The molecule has 0 radical (unpaired) electrons. The van der Waals surface area contributed by atoms with Gasteiger partial charge in [-0.3, -0.25) is 14.7 Å². The van der Waals surface area contributed by atoms with E-state index in [1.165, 1.54) is 37.3 Å². The van der Waals surface area contributed by atoms with Crippen LogP contribution < -0.4 is 15.6 Å². The predicted octanol–water partition coefficient (Wildman–Crippen LogP) is 2.63. The Labute approximate surface area is 192 Å². The van der Waals surface area contributed by atoms with Crippen LogP contribution in [0.3, 0.4) is 0 Å². The average Bonchev–Trinajstić information content (AvgIpc) is 3.24. The largest absolute Gasteiger partial charge is 0.481 e. The third-order valence-corrected chi connectivity index (χ3v) is 6.11. The van der Waals surface area contributed by atoms with Gasteiger partial charge in [0.05, 0.1) is 18.2 Å². The summed E-state index contributed by atoms with van der Waals surface area (Å²) in [7, 11) is 1.53. The molecule has 0 aliphatic carbocycles. The van der Waals surface area contributed by atoms with E-state index in [1.54, 1.807) is 36.7 Å². The van der Waals surface area contributed by atoms with E-state index in [0.29, 0.717) is 41.0 Å². The normalized spacial score (nSPS) is 16.5. The summed E-state index contributed by atoms with van der Waals surface area (Å²) >= 11 is 0. The molecule has 1 amide bonds. The van der Waals surface area contributed by atoms with Gasteiger partial charge in [-0.15, -0.1) is 0 Å². The molecule has 0 saturated carbocycles. The first-order valence-electron chi connectivity index (χ1n) is 11.4. The van der Waals surface area contributed by atoms with Crippen LogP contribution >= 0.6 is 0 Å². The Morgan fingerprint density at radius 3 is 2.91 bits per heavy atom. The zero-order valence-electron chi connectivity index (χ0n) is 19.1. The van der Waals surface area contributed by atoms with Crippen LogP contribution in [-0.4, -0.2) is 63.3 Å². The third kappa shape index (κ3) is 5.31. The molecule has 174 valence electrons. The molecule has 1 saturated heterocycles. The number of aromatic nitrogens is 4. The fourth-order valence-electron chi connectivity index (χ4n) is 4.16. The molecule has 9 heteroatoms. The van der Waals surface area contributed by atoms with E-state index in [0.717, 1.165) is 19.5 Å². The summed E-state index contributed by atoms with van der Waals surface area (Å²) in [5.41, 5.74) is 1.38. The number of hydrogen-bond donors (Lipinski definition) is 2. The van der Waals surface area contributed by atoms with Gasteiger partial charge in [0.2, 0.25) is 5.88 Å². The molecular weight excluding hydrogens is 420 g/mol. The number of carbonyl (C=O) groups is 1. The van der Waals surface area contributed by atoms with Crippen molar-refractivity contribution < 1.29 is 9.53 Å². The summed E-state index contributed by atoms with van der Waals surface area (Å²) in [5.74, 6) is 0.672. The van der Waals surface area contributed by atoms with E-state index < -0.39 is 0 Å². The molecule has 1 aliphatic rings. The molecule has 1 unspecified atom stereocenters. The first-order chi connectivity index (χ1) is 16.1. The van der Waals surface area contributed by atoms with Crippen LogP contribution in [0.25, 0.3) is 16.9 Å². The first-order valence-corrected chi connectivity index (χ1v) is 11.4.